The predicted octanol–water partition coefficient (Wildman–Crippen LogP) is 2.43. The summed E-state index contributed by atoms with van der Waals surface area (Å²) in [6, 6.07) is 10.4. The summed E-state index contributed by atoms with van der Waals surface area (Å²) in [5, 5.41) is 5.29. The zero-order valence-electron chi connectivity index (χ0n) is 15.9. The Hall–Kier alpha value is -3.26. The molecule has 8 heteroatoms. The number of aryl methyl sites for hydroxylation is 1. The van der Waals surface area contributed by atoms with Crippen LogP contribution in [-0.4, -0.2) is 49.9 Å². The molecule has 0 atom stereocenters. The molecule has 2 aromatic rings. The Morgan fingerprint density at radius 3 is 2.36 bits per heavy atom. The molecule has 0 fully saturated rings. The van der Waals surface area contributed by atoms with Crippen LogP contribution >= 0.6 is 0 Å². The van der Waals surface area contributed by atoms with Gasteiger partial charge in [-0.05, 0) is 49.9 Å². The molecule has 0 spiro atoms. The van der Waals surface area contributed by atoms with Gasteiger partial charge in [0, 0.05) is 11.4 Å². The molecule has 0 bridgehead atoms. The third kappa shape index (κ3) is 6.17. The molecule has 0 saturated carbocycles. The van der Waals surface area contributed by atoms with Gasteiger partial charge in [-0.3, -0.25) is 14.5 Å². The summed E-state index contributed by atoms with van der Waals surface area (Å²) < 4.78 is 17.8. The lowest BCUT2D eigenvalue weighted by Gasteiger charge is -2.17. The van der Waals surface area contributed by atoms with Crippen LogP contribution in [0.1, 0.15) is 15.9 Å². The third-order valence-corrected chi connectivity index (χ3v) is 3.87. The number of carbonyl (C=O) groups excluding carboxylic acids is 3. The van der Waals surface area contributed by atoms with Crippen molar-refractivity contribution in [1.29, 1.82) is 0 Å². The highest BCUT2D eigenvalue weighted by atomic mass is 19.1. The fourth-order valence-electron chi connectivity index (χ4n) is 2.50. The van der Waals surface area contributed by atoms with E-state index in [9.17, 15) is 18.8 Å². The Kier molecular flexibility index (Phi) is 7.22. The number of ether oxygens (including phenoxy) is 1. The summed E-state index contributed by atoms with van der Waals surface area (Å²) in [4.78, 5) is 37.4. The first-order valence-corrected chi connectivity index (χ1v) is 8.51. The van der Waals surface area contributed by atoms with Gasteiger partial charge in [0.05, 0.1) is 25.8 Å². The fourth-order valence-corrected chi connectivity index (χ4v) is 2.50. The van der Waals surface area contributed by atoms with E-state index in [1.807, 2.05) is 0 Å². The summed E-state index contributed by atoms with van der Waals surface area (Å²) in [7, 11) is 2.90. The van der Waals surface area contributed by atoms with Crippen molar-refractivity contribution in [3.63, 3.8) is 0 Å². The molecule has 148 valence electrons. The van der Waals surface area contributed by atoms with Gasteiger partial charge in [-0.15, -0.1) is 0 Å². The molecule has 0 radical (unpaired) electrons. The molecule has 2 aromatic carbocycles. The van der Waals surface area contributed by atoms with Gasteiger partial charge in [0.15, 0.2) is 0 Å². The average molecular weight is 387 g/mol. The van der Waals surface area contributed by atoms with E-state index in [4.69, 9.17) is 0 Å². The number of amides is 2. The van der Waals surface area contributed by atoms with Crippen molar-refractivity contribution in [3.8, 4) is 0 Å². The number of nitrogens with one attached hydrogen (secondary N) is 2. The minimum atomic E-state index is -0.498. The van der Waals surface area contributed by atoms with E-state index in [1.54, 1.807) is 32.2 Å². The lowest BCUT2D eigenvalue weighted by molar-refractivity contribution is -0.119. The molecular formula is C20H22FN3O4. The van der Waals surface area contributed by atoms with Gasteiger partial charge < -0.3 is 15.4 Å². The molecule has 0 unspecified atom stereocenters. The number of anilines is 2. The van der Waals surface area contributed by atoms with Crippen LogP contribution in [0, 0.1) is 12.7 Å². The van der Waals surface area contributed by atoms with E-state index >= 15 is 0 Å². The average Bonchev–Trinajstić information content (AvgIpc) is 2.62. The second-order valence-electron chi connectivity index (χ2n) is 6.30. The van der Waals surface area contributed by atoms with Crippen LogP contribution in [0.5, 0.6) is 0 Å². The normalized spacial score (nSPS) is 10.5. The number of carbonyl (C=O) groups is 3. The number of halogens is 1. The number of esters is 1. The van der Waals surface area contributed by atoms with Gasteiger partial charge in [0.1, 0.15) is 5.82 Å². The van der Waals surface area contributed by atoms with Crippen molar-refractivity contribution in [3.05, 3.63) is 59.4 Å². The largest absolute Gasteiger partial charge is 0.465 e. The predicted molar refractivity (Wildman–Crippen MR) is 104 cm³/mol. The summed E-state index contributed by atoms with van der Waals surface area (Å²) in [6.07, 6.45) is 0. The standard InChI is InChI=1S/C20H22FN3O4/c1-13-7-8-14(20(27)28-3)9-17(13)23-19(26)12-24(2)11-18(25)22-16-6-4-5-15(21)10-16/h4-10H,11-12H2,1-3H3,(H,22,25)(H,23,26). The monoisotopic (exact) mass is 387 g/mol. The van der Waals surface area contributed by atoms with Gasteiger partial charge in [-0.2, -0.15) is 0 Å². The zero-order valence-corrected chi connectivity index (χ0v) is 15.9. The van der Waals surface area contributed by atoms with E-state index in [0.717, 1.165) is 5.56 Å². The molecule has 0 heterocycles. The molecule has 28 heavy (non-hydrogen) atoms. The Morgan fingerprint density at radius 2 is 1.71 bits per heavy atom. The van der Waals surface area contributed by atoms with Crippen LogP contribution in [-0.2, 0) is 14.3 Å². The van der Waals surface area contributed by atoms with Crippen molar-refractivity contribution in [2.24, 2.45) is 0 Å². The molecule has 7 nitrogen and oxygen atoms in total. The Labute approximate surface area is 162 Å². The maximum absolute atomic E-state index is 13.1. The van der Waals surface area contributed by atoms with Crippen LogP contribution in [0.3, 0.4) is 0 Å². The first-order valence-electron chi connectivity index (χ1n) is 8.51. The summed E-state index contributed by atoms with van der Waals surface area (Å²) in [6.45, 7) is 1.70. The minimum absolute atomic E-state index is 0.0432. The topological polar surface area (TPSA) is 87.7 Å². The number of benzene rings is 2. The minimum Gasteiger partial charge on any atom is -0.465 e. The van der Waals surface area contributed by atoms with E-state index in [2.05, 4.69) is 15.4 Å². The van der Waals surface area contributed by atoms with Crippen molar-refractivity contribution < 1.29 is 23.5 Å². The molecule has 0 aliphatic rings. The van der Waals surface area contributed by atoms with Gasteiger partial charge >= 0.3 is 5.97 Å². The zero-order chi connectivity index (χ0) is 20.7. The SMILES string of the molecule is COC(=O)c1ccc(C)c(NC(=O)CN(C)CC(=O)Nc2cccc(F)c2)c1. The van der Waals surface area contributed by atoms with E-state index in [1.165, 1.54) is 36.3 Å². The van der Waals surface area contributed by atoms with Crippen LogP contribution < -0.4 is 10.6 Å². The molecule has 0 aliphatic carbocycles. The smallest absolute Gasteiger partial charge is 0.337 e. The quantitative estimate of drug-likeness (QED) is 0.713. The lowest BCUT2D eigenvalue weighted by Crippen LogP contribution is -2.36. The van der Waals surface area contributed by atoms with Crippen LogP contribution in [0.2, 0.25) is 0 Å². The second kappa shape index (κ2) is 9.61. The summed E-state index contributed by atoms with van der Waals surface area (Å²) in [5.41, 5.74) is 1.95. The molecular weight excluding hydrogens is 365 g/mol. The van der Waals surface area contributed by atoms with Crippen LogP contribution in [0.25, 0.3) is 0 Å². The number of hydrogen-bond donors (Lipinski definition) is 2. The number of nitrogens with zero attached hydrogens (tertiary/aromatic N) is 1. The van der Waals surface area contributed by atoms with Gasteiger partial charge in [0.25, 0.3) is 0 Å². The molecule has 2 rings (SSSR count). The first kappa shape index (κ1) is 21.0. The highest BCUT2D eigenvalue weighted by Gasteiger charge is 2.14. The fraction of sp³-hybridized carbons (Fsp3) is 0.250. The first-order chi connectivity index (χ1) is 13.3. The second-order valence-corrected chi connectivity index (χ2v) is 6.30. The van der Waals surface area contributed by atoms with Crippen molar-refractivity contribution >= 4 is 29.2 Å². The Balaban J connectivity index is 1.90. The van der Waals surface area contributed by atoms with Gasteiger partial charge in [-0.1, -0.05) is 12.1 Å². The summed E-state index contributed by atoms with van der Waals surface area (Å²) >= 11 is 0. The maximum atomic E-state index is 13.1. The Morgan fingerprint density at radius 1 is 1.04 bits per heavy atom. The number of likely N-dealkylation sites (N-methyl/N-ethyl adjacent to an activating group) is 1. The van der Waals surface area contributed by atoms with Crippen molar-refractivity contribution in [2.45, 2.75) is 6.92 Å². The van der Waals surface area contributed by atoms with Crippen LogP contribution in [0.15, 0.2) is 42.5 Å². The number of hydrogen-bond acceptors (Lipinski definition) is 5. The molecule has 2 amide bonds. The van der Waals surface area contributed by atoms with E-state index < -0.39 is 11.8 Å². The van der Waals surface area contributed by atoms with E-state index in [0.29, 0.717) is 16.9 Å². The van der Waals surface area contributed by atoms with Gasteiger partial charge in [0.2, 0.25) is 11.8 Å². The third-order valence-electron chi connectivity index (χ3n) is 3.87. The molecule has 2 N–H and O–H groups in total. The number of methoxy groups -OCH3 is 1. The Bertz CT molecular complexity index is 886. The molecule has 0 aliphatic heterocycles. The summed E-state index contributed by atoms with van der Waals surface area (Å²) in [5.74, 6) is -1.66. The van der Waals surface area contributed by atoms with Crippen molar-refractivity contribution in [1.82, 2.24) is 4.90 Å². The maximum Gasteiger partial charge on any atom is 0.337 e. The van der Waals surface area contributed by atoms with Gasteiger partial charge in [-0.25, -0.2) is 9.18 Å². The lowest BCUT2D eigenvalue weighted by atomic mass is 10.1. The van der Waals surface area contributed by atoms with Crippen LogP contribution in [0.4, 0.5) is 15.8 Å². The highest BCUT2D eigenvalue weighted by molar-refractivity contribution is 5.97. The number of rotatable bonds is 7. The highest BCUT2D eigenvalue weighted by Crippen LogP contribution is 2.17. The molecule has 0 saturated heterocycles. The van der Waals surface area contributed by atoms with Crippen molar-refractivity contribution in [2.75, 3.05) is 37.9 Å². The molecule has 0 aromatic heterocycles. The van der Waals surface area contributed by atoms with E-state index in [-0.39, 0.29) is 24.9 Å².